The smallest absolute Gasteiger partial charge is 0.416 e. The van der Waals surface area contributed by atoms with Crippen molar-refractivity contribution in [3.05, 3.63) is 59.0 Å². The fourth-order valence-corrected chi connectivity index (χ4v) is 5.33. The maximum Gasteiger partial charge on any atom is 0.416 e. The minimum Gasteiger partial charge on any atom is -0.481 e. The first-order valence-electron chi connectivity index (χ1n) is 13.2. The summed E-state index contributed by atoms with van der Waals surface area (Å²) in [6.45, 7) is 3.51. The number of hydrogen-bond donors (Lipinski definition) is 1. The maximum atomic E-state index is 14.3. The molecule has 0 unspecified atom stereocenters. The van der Waals surface area contributed by atoms with Gasteiger partial charge in [0, 0.05) is 38.9 Å². The molecule has 0 saturated carbocycles. The van der Waals surface area contributed by atoms with E-state index in [1.165, 1.54) is 30.2 Å². The average molecular weight is 594 g/mol. The lowest BCUT2D eigenvalue weighted by molar-refractivity contribution is -0.142. The second kappa shape index (κ2) is 11.6. The van der Waals surface area contributed by atoms with E-state index < -0.39 is 64.4 Å². The van der Waals surface area contributed by atoms with Gasteiger partial charge >= 0.3 is 12.2 Å². The number of ether oxygens (including phenoxy) is 1. The maximum absolute atomic E-state index is 14.3. The molecule has 1 aromatic heterocycles. The SMILES string of the molecule is COc1cc(CN2C(=O)N(C)C(=O)C23CCN(C(=O)[C@H](NC(=O)c2cc(C(F)(F)F)ccc2F)C(C)C)CC3)ccn1. The number of hydrogen-bond acceptors (Lipinski definition) is 6. The van der Waals surface area contributed by atoms with Crippen LogP contribution in [0.25, 0.3) is 0 Å². The van der Waals surface area contributed by atoms with E-state index in [-0.39, 0.29) is 32.5 Å². The highest BCUT2D eigenvalue weighted by molar-refractivity contribution is 6.07. The molecule has 2 aromatic rings. The molecule has 1 spiro atoms. The van der Waals surface area contributed by atoms with Crippen LogP contribution in [0.2, 0.25) is 0 Å². The van der Waals surface area contributed by atoms with Crippen molar-refractivity contribution >= 4 is 23.8 Å². The molecule has 2 saturated heterocycles. The molecular formula is C28H31F4N5O5. The fourth-order valence-electron chi connectivity index (χ4n) is 5.33. The van der Waals surface area contributed by atoms with E-state index in [0.29, 0.717) is 29.6 Å². The lowest BCUT2D eigenvalue weighted by Crippen LogP contribution is -2.60. The van der Waals surface area contributed by atoms with Crippen LogP contribution in [0.15, 0.2) is 36.5 Å². The van der Waals surface area contributed by atoms with Crippen LogP contribution in [0.4, 0.5) is 22.4 Å². The zero-order valence-electron chi connectivity index (χ0n) is 23.5. The quantitative estimate of drug-likeness (QED) is 0.389. The van der Waals surface area contributed by atoms with Gasteiger partial charge in [-0.2, -0.15) is 13.2 Å². The van der Waals surface area contributed by atoms with E-state index in [0.717, 1.165) is 4.90 Å². The number of likely N-dealkylation sites (N-methyl/N-ethyl adjacent to an activating group) is 1. The number of urea groups is 1. The zero-order chi connectivity index (χ0) is 31.0. The first-order valence-corrected chi connectivity index (χ1v) is 13.2. The highest BCUT2D eigenvalue weighted by Gasteiger charge is 2.57. The van der Waals surface area contributed by atoms with Gasteiger partial charge in [0.15, 0.2) is 0 Å². The lowest BCUT2D eigenvalue weighted by Gasteiger charge is -2.43. The van der Waals surface area contributed by atoms with Crippen molar-refractivity contribution in [1.82, 2.24) is 25.0 Å². The third-order valence-electron chi connectivity index (χ3n) is 7.75. The molecule has 10 nitrogen and oxygen atoms in total. The van der Waals surface area contributed by atoms with Crippen LogP contribution in [0.5, 0.6) is 5.88 Å². The van der Waals surface area contributed by atoms with Crippen molar-refractivity contribution in [2.45, 2.75) is 51.0 Å². The number of nitrogens with one attached hydrogen (secondary N) is 1. The molecule has 1 N–H and O–H groups in total. The minimum absolute atomic E-state index is 0.0683. The number of likely N-dealkylation sites (tertiary alicyclic amines) is 1. The van der Waals surface area contributed by atoms with Gasteiger partial charge in [0.05, 0.1) is 18.2 Å². The Kier molecular flexibility index (Phi) is 8.46. The minimum atomic E-state index is -4.79. The number of aromatic nitrogens is 1. The van der Waals surface area contributed by atoms with Gasteiger partial charge in [0.25, 0.3) is 11.8 Å². The van der Waals surface area contributed by atoms with Crippen molar-refractivity contribution in [2.24, 2.45) is 5.92 Å². The summed E-state index contributed by atoms with van der Waals surface area (Å²) in [6, 6.07) is 3.19. The number of benzene rings is 1. The molecule has 2 aliphatic heterocycles. The van der Waals surface area contributed by atoms with Gasteiger partial charge in [-0.1, -0.05) is 13.8 Å². The Morgan fingerprint density at radius 1 is 1.12 bits per heavy atom. The van der Waals surface area contributed by atoms with Crippen LogP contribution >= 0.6 is 0 Å². The Hall–Kier alpha value is -4.23. The summed E-state index contributed by atoms with van der Waals surface area (Å²) in [5.41, 5.74) is -2.53. The normalized spacial score (nSPS) is 17.7. The molecule has 5 amide bonds. The van der Waals surface area contributed by atoms with Gasteiger partial charge in [-0.05, 0) is 48.6 Å². The third-order valence-corrected chi connectivity index (χ3v) is 7.75. The molecule has 1 aromatic carbocycles. The number of piperidine rings is 1. The summed E-state index contributed by atoms with van der Waals surface area (Å²) < 4.78 is 58.9. The Labute approximate surface area is 239 Å². The summed E-state index contributed by atoms with van der Waals surface area (Å²) >= 11 is 0. The predicted octanol–water partition coefficient (Wildman–Crippen LogP) is 3.46. The first kappa shape index (κ1) is 30.7. The number of carbonyl (C=O) groups excluding carboxylic acids is 4. The summed E-state index contributed by atoms with van der Waals surface area (Å²) in [7, 11) is 2.86. The van der Waals surface area contributed by atoms with Crippen LogP contribution in [0, 0.1) is 11.7 Å². The topological polar surface area (TPSA) is 112 Å². The van der Waals surface area contributed by atoms with Crippen molar-refractivity contribution in [1.29, 1.82) is 0 Å². The average Bonchev–Trinajstić information content (AvgIpc) is 3.11. The van der Waals surface area contributed by atoms with E-state index in [9.17, 15) is 36.7 Å². The highest BCUT2D eigenvalue weighted by Crippen LogP contribution is 2.38. The molecule has 0 aliphatic carbocycles. The second-order valence-electron chi connectivity index (χ2n) is 10.7. The van der Waals surface area contributed by atoms with Crippen LogP contribution in [-0.4, -0.2) is 82.3 Å². The molecule has 14 heteroatoms. The monoisotopic (exact) mass is 593 g/mol. The zero-order valence-corrected chi connectivity index (χ0v) is 23.5. The van der Waals surface area contributed by atoms with E-state index in [1.54, 1.807) is 26.0 Å². The van der Waals surface area contributed by atoms with Crippen molar-refractivity contribution in [3.8, 4) is 5.88 Å². The molecule has 0 bridgehead atoms. The first-order chi connectivity index (χ1) is 19.7. The molecule has 226 valence electrons. The van der Waals surface area contributed by atoms with Gasteiger partial charge < -0.3 is 19.9 Å². The number of methoxy groups -OCH3 is 1. The van der Waals surface area contributed by atoms with Crippen LogP contribution < -0.4 is 10.1 Å². The second-order valence-corrected chi connectivity index (χ2v) is 10.7. The Bertz CT molecular complexity index is 1390. The molecule has 42 heavy (non-hydrogen) atoms. The summed E-state index contributed by atoms with van der Waals surface area (Å²) in [6.07, 6.45) is -3.02. The van der Waals surface area contributed by atoms with Gasteiger partial charge in [-0.3, -0.25) is 19.3 Å². The van der Waals surface area contributed by atoms with E-state index in [4.69, 9.17) is 4.74 Å². The fraction of sp³-hybridized carbons (Fsp3) is 0.464. The van der Waals surface area contributed by atoms with E-state index in [1.807, 2.05) is 0 Å². The Morgan fingerprint density at radius 2 is 1.79 bits per heavy atom. The molecule has 2 fully saturated rings. The molecule has 3 heterocycles. The molecule has 0 radical (unpaired) electrons. The molecule has 4 rings (SSSR count). The van der Waals surface area contributed by atoms with Crippen LogP contribution in [0.3, 0.4) is 0 Å². The highest BCUT2D eigenvalue weighted by atomic mass is 19.4. The van der Waals surface area contributed by atoms with Gasteiger partial charge in [-0.25, -0.2) is 14.2 Å². The number of pyridine rings is 1. The summed E-state index contributed by atoms with van der Waals surface area (Å²) in [5.74, 6) is -3.39. The van der Waals surface area contributed by atoms with Crippen LogP contribution in [0.1, 0.15) is 48.2 Å². The van der Waals surface area contributed by atoms with Gasteiger partial charge in [-0.15, -0.1) is 0 Å². The largest absolute Gasteiger partial charge is 0.481 e. The number of carbonyl (C=O) groups is 4. The Morgan fingerprint density at radius 3 is 2.38 bits per heavy atom. The number of halogens is 4. The summed E-state index contributed by atoms with van der Waals surface area (Å²) in [5, 5.41) is 2.39. The lowest BCUT2D eigenvalue weighted by atomic mass is 9.85. The van der Waals surface area contributed by atoms with Crippen molar-refractivity contribution < 1.29 is 41.5 Å². The predicted molar refractivity (Wildman–Crippen MR) is 141 cm³/mol. The summed E-state index contributed by atoms with van der Waals surface area (Å²) in [4.78, 5) is 60.8. The van der Waals surface area contributed by atoms with Gasteiger partial charge in [0.1, 0.15) is 17.4 Å². The van der Waals surface area contributed by atoms with E-state index in [2.05, 4.69) is 10.3 Å². The molecular weight excluding hydrogens is 562 g/mol. The van der Waals surface area contributed by atoms with E-state index >= 15 is 0 Å². The number of imide groups is 1. The van der Waals surface area contributed by atoms with Crippen molar-refractivity contribution in [3.63, 3.8) is 0 Å². The number of rotatable bonds is 7. The molecule has 1 atom stereocenters. The van der Waals surface area contributed by atoms with Crippen LogP contribution in [-0.2, 0) is 22.3 Å². The Balaban J connectivity index is 1.50. The third kappa shape index (κ3) is 5.74. The standard InChI is InChI=1S/C28H31F4N5O5/c1-16(2)22(34-23(38)19-14-18(28(30,31)32)5-6-20(19)29)24(39)36-11-8-27(9-12-36)25(40)35(3)26(41)37(27)15-17-7-10-33-21(13-17)42-4/h5-7,10,13-14,16,22H,8-9,11-12,15H2,1-4H3,(H,34,38)/t22-/m1/s1. The van der Waals surface area contributed by atoms with Gasteiger partial charge in [0.2, 0.25) is 11.8 Å². The molecule has 2 aliphatic rings. The number of amides is 5. The van der Waals surface area contributed by atoms with Crippen molar-refractivity contribution in [2.75, 3.05) is 27.2 Å². The number of alkyl halides is 3. The number of nitrogens with zero attached hydrogens (tertiary/aromatic N) is 4.